The average molecular weight is 207 g/mol. The van der Waals surface area contributed by atoms with Crippen LogP contribution in [0, 0.1) is 0 Å². The van der Waals surface area contributed by atoms with Gasteiger partial charge in [-0.2, -0.15) is 0 Å². The van der Waals surface area contributed by atoms with Gasteiger partial charge in [0.15, 0.2) is 6.61 Å². The van der Waals surface area contributed by atoms with Crippen LogP contribution in [0.4, 0.5) is 5.69 Å². The van der Waals surface area contributed by atoms with Crippen LogP contribution in [-0.4, -0.2) is 31.3 Å². The zero-order valence-corrected chi connectivity index (χ0v) is 8.56. The van der Waals surface area contributed by atoms with E-state index in [0.717, 1.165) is 18.7 Å². The quantitative estimate of drug-likeness (QED) is 0.807. The first-order valence-corrected chi connectivity index (χ1v) is 4.85. The molecule has 0 saturated heterocycles. The Kier molecular flexibility index (Phi) is 2.49. The highest BCUT2D eigenvalue weighted by Crippen LogP contribution is 2.30. The Morgan fingerprint density at radius 2 is 2.40 bits per heavy atom. The number of anilines is 1. The van der Waals surface area contributed by atoms with Gasteiger partial charge < -0.3 is 14.7 Å². The van der Waals surface area contributed by atoms with Crippen LogP contribution >= 0.6 is 0 Å². The number of carboxylic acids is 1. The lowest BCUT2D eigenvalue weighted by atomic mass is 10.1. The van der Waals surface area contributed by atoms with Crippen molar-refractivity contribution in [3.05, 3.63) is 23.8 Å². The summed E-state index contributed by atoms with van der Waals surface area (Å²) in [5.41, 5.74) is 2.43. The van der Waals surface area contributed by atoms with Crippen LogP contribution in [0.15, 0.2) is 18.2 Å². The number of carbonyl (C=O) groups is 1. The van der Waals surface area contributed by atoms with Crippen LogP contribution in [0.2, 0.25) is 0 Å². The van der Waals surface area contributed by atoms with Crippen molar-refractivity contribution in [3.8, 4) is 5.75 Å². The fraction of sp³-hybridized carbons (Fsp3) is 0.364. The lowest BCUT2D eigenvalue weighted by Gasteiger charge is -2.13. The van der Waals surface area contributed by atoms with Crippen LogP contribution in [-0.2, 0) is 11.2 Å². The summed E-state index contributed by atoms with van der Waals surface area (Å²) in [4.78, 5) is 12.5. The molecule has 0 unspecified atom stereocenters. The average Bonchev–Trinajstić information content (AvgIpc) is 2.57. The monoisotopic (exact) mass is 207 g/mol. The first-order chi connectivity index (χ1) is 7.16. The maximum atomic E-state index is 10.3. The molecule has 0 saturated carbocycles. The smallest absolute Gasteiger partial charge is 0.341 e. The third-order valence-corrected chi connectivity index (χ3v) is 2.55. The van der Waals surface area contributed by atoms with Crippen LogP contribution in [0.25, 0.3) is 0 Å². The lowest BCUT2D eigenvalue weighted by Crippen LogP contribution is -2.13. The molecule has 0 aliphatic carbocycles. The number of likely N-dealkylation sites (N-methyl/N-ethyl adjacent to an activating group) is 1. The summed E-state index contributed by atoms with van der Waals surface area (Å²) >= 11 is 0. The highest BCUT2D eigenvalue weighted by molar-refractivity contribution is 5.68. The maximum absolute atomic E-state index is 10.3. The van der Waals surface area contributed by atoms with E-state index in [9.17, 15) is 4.79 Å². The Balaban J connectivity index is 2.14. The molecule has 2 rings (SSSR count). The predicted octanol–water partition coefficient (Wildman–Crippen LogP) is 1.14. The van der Waals surface area contributed by atoms with Crippen LogP contribution in [0.5, 0.6) is 5.75 Å². The summed E-state index contributed by atoms with van der Waals surface area (Å²) in [5, 5.41) is 8.48. The SMILES string of the molecule is CN1CCc2ccc(OCC(=O)O)cc21. The molecule has 4 heteroatoms. The largest absolute Gasteiger partial charge is 0.482 e. The van der Waals surface area contributed by atoms with Gasteiger partial charge in [0.2, 0.25) is 0 Å². The van der Waals surface area contributed by atoms with E-state index in [2.05, 4.69) is 4.90 Å². The first-order valence-electron chi connectivity index (χ1n) is 4.85. The molecule has 1 heterocycles. The van der Waals surface area contributed by atoms with Crippen molar-refractivity contribution in [1.29, 1.82) is 0 Å². The van der Waals surface area contributed by atoms with Gasteiger partial charge in [0.1, 0.15) is 5.75 Å². The third-order valence-electron chi connectivity index (χ3n) is 2.55. The summed E-state index contributed by atoms with van der Waals surface area (Å²) < 4.78 is 5.11. The lowest BCUT2D eigenvalue weighted by molar-refractivity contribution is -0.139. The standard InChI is InChI=1S/C11H13NO3/c1-12-5-4-8-2-3-9(6-10(8)12)15-7-11(13)14/h2-3,6H,4-5,7H2,1H3,(H,13,14). The van der Waals surface area contributed by atoms with Gasteiger partial charge in [0, 0.05) is 25.3 Å². The summed E-state index contributed by atoms with van der Waals surface area (Å²) in [5.74, 6) is -0.339. The summed E-state index contributed by atoms with van der Waals surface area (Å²) in [6, 6.07) is 5.71. The Morgan fingerprint density at radius 1 is 1.60 bits per heavy atom. The molecule has 0 fully saturated rings. The maximum Gasteiger partial charge on any atom is 0.341 e. The van der Waals surface area contributed by atoms with Crippen molar-refractivity contribution in [2.45, 2.75) is 6.42 Å². The van der Waals surface area contributed by atoms with E-state index in [1.54, 1.807) is 0 Å². The molecule has 0 amide bonds. The van der Waals surface area contributed by atoms with Gasteiger partial charge in [0.05, 0.1) is 0 Å². The summed E-state index contributed by atoms with van der Waals surface area (Å²) in [6.45, 7) is 0.722. The molecule has 1 N–H and O–H groups in total. The summed E-state index contributed by atoms with van der Waals surface area (Å²) in [6.07, 6.45) is 1.05. The zero-order valence-electron chi connectivity index (χ0n) is 8.56. The predicted molar refractivity (Wildman–Crippen MR) is 56.5 cm³/mol. The van der Waals surface area contributed by atoms with Crippen molar-refractivity contribution in [2.75, 3.05) is 25.1 Å². The summed E-state index contributed by atoms with van der Waals surface area (Å²) in [7, 11) is 2.02. The Bertz CT molecular complexity index is 389. The van der Waals surface area contributed by atoms with E-state index in [1.807, 2.05) is 25.2 Å². The molecule has 0 atom stereocenters. The van der Waals surface area contributed by atoms with Gasteiger partial charge >= 0.3 is 5.97 Å². The van der Waals surface area contributed by atoms with Gasteiger partial charge in [-0.25, -0.2) is 4.79 Å². The van der Waals surface area contributed by atoms with Gasteiger partial charge in [-0.3, -0.25) is 0 Å². The van der Waals surface area contributed by atoms with Gasteiger partial charge in [-0.1, -0.05) is 6.07 Å². The number of nitrogens with zero attached hydrogens (tertiary/aromatic N) is 1. The Hall–Kier alpha value is -1.71. The molecule has 15 heavy (non-hydrogen) atoms. The minimum absolute atomic E-state index is 0.289. The van der Waals surface area contributed by atoms with E-state index in [4.69, 9.17) is 9.84 Å². The van der Waals surface area contributed by atoms with Gasteiger partial charge in [-0.05, 0) is 18.1 Å². The van der Waals surface area contributed by atoms with Gasteiger partial charge in [0.25, 0.3) is 0 Å². The number of hydrogen-bond acceptors (Lipinski definition) is 3. The molecule has 1 aromatic rings. The third kappa shape index (κ3) is 2.03. The fourth-order valence-corrected chi connectivity index (χ4v) is 1.75. The first kappa shape index (κ1) is 9.83. The Labute approximate surface area is 88.1 Å². The molecular weight excluding hydrogens is 194 g/mol. The molecule has 0 bridgehead atoms. The topological polar surface area (TPSA) is 49.8 Å². The molecule has 0 aromatic heterocycles. The van der Waals surface area contributed by atoms with Crippen LogP contribution in [0.3, 0.4) is 0 Å². The molecule has 1 aromatic carbocycles. The number of carboxylic acid groups (broad SMARTS) is 1. The minimum atomic E-state index is -0.955. The number of hydrogen-bond donors (Lipinski definition) is 1. The Morgan fingerprint density at radius 3 is 3.13 bits per heavy atom. The second kappa shape index (κ2) is 3.81. The minimum Gasteiger partial charge on any atom is -0.482 e. The van der Waals surface area contributed by atoms with Gasteiger partial charge in [-0.15, -0.1) is 0 Å². The van der Waals surface area contributed by atoms with Crippen molar-refractivity contribution in [3.63, 3.8) is 0 Å². The molecule has 4 nitrogen and oxygen atoms in total. The normalized spacial score (nSPS) is 13.8. The number of ether oxygens (including phenoxy) is 1. The highest BCUT2D eigenvalue weighted by atomic mass is 16.5. The van der Waals surface area contributed by atoms with Crippen molar-refractivity contribution >= 4 is 11.7 Å². The van der Waals surface area contributed by atoms with E-state index in [0.29, 0.717) is 5.75 Å². The van der Waals surface area contributed by atoms with E-state index in [1.165, 1.54) is 5.56 Å². The van der Waals surface area contributed by atoms with Crippen molar-refractivity contribution in [2.24, 2.45) is 0 Å². The van der Waals surface area contributed by atoms with E-state index >= 15 is 0 Å². The van der Waals surface area contributed by atoms with E-state index < -0.39 is 5.97 Å². The second-order valence-corrected chi connectivity index (χ2v) is 3.64. The van der Waals surface area contributed by atoms with Crippen LogP contribution < -0.4 is 9.64 Å². The highest BCUT2D eigenvalue weighted by Gasteiger charge is 2.16. The number of aliphatic carboxylic acids is 1. The fourth-order valence-electron chi connectivity index (χ4n) is 1.75. The zero-order chi connectivity index (χ0) is 10.8. The van der Waals surface area contributed by atoms with Crippen molar-refractivity contribution < 1.29 is 14.6 Å². The van der Waals surface area contributed by atoms with E-state index in [-0.39, 0.29) is 6.61 Å². The molecule has 0 radical (unpaired) electrons. The molecule has 80 valence electrons. The molecule has 1 aliphatic heterocycles. The van der Waals surface area contributed by atoms with Crippen LogP contribution in [0.1, 0.15) is 5.56 Å². The number of benzene rings is 1. The second-order valence-electron chi connectivity index (χ2n) is 3.64. The van der Waals surface area contributed by atoms with Crippen molar-refractivity contribution in [1.82, 2.24) is 0 Å². The molecular formula is C11H13NO3. The number of rotatable bonds is 3. The number of fused-ring (bicyclic) bond motifs is 1. The molecule has 1 aliphatic rings. The molecule has 0 spiro atoms.